The number of aliphatic hydroxyl groups excluding tert-OH is 1. The van der Waals surface area contributed by atoms with E-state index < -0.39 is 0 Å². The fraction of sp³-hybridized carbons (Fsp3) is 0.0909. The van der Waals surface area contributed by atoms with E-state index in [1.165, 1.54) is 6.33 Å². The van der Waals surface area contributed by atoms with E-state index in [4.69, 9.17) is 9.84 Å². The van der Waals surface area contributed by atoms with Crippen LogP contribution in [0.15, 0.2) is 39.9 Å². The van der Waals surface area contributed by atoms with Crippen molar-refractivity contribution in [3.8, 4) is 11.6 Å². The molecule has 2 rings (SSSR count). The van der Waals surface area contributed by atoms with E-state index in [9.17, 15) is 4.79 Å². The monoisotopic (exact) mass is 296 g/mol. The Kier molecular flexibility index (Phi) is 3.55. The summed E-state index contributed by atoms with van der Waals surface area (Å²) in [6, 6.07) is 6.99. The van der Waals surface area contributed by atoms with Crippen LogP contribution < -0.4 is 10.3 Å². The molecule has 0 saturated heterocycles. The number of nitrogens with zero attached hydrogens (tertiary/aromatic N) is 1. The Hall–Kier alpha value is -1.66. The summed E-state index contributed by atoms with van der Waals surface area (Å²) >= 11 is 3.09. The molecule has 0 amide bonds. The summed E-state index contributed by atoms with van der Waals surface area (Å²) in [5.74, 6) is 0.628. The standard InChI is InChI=1S/C11H9BrN2O3/c12-9-10(16)13-6-14-11(9)17-8-4-2-1-3-7(8)5-15/h1-4,6,15H,5H2,(H,13,14,16). The molecule has 6 heteroatoms. The van der Waals surface area contributed by atoms with E-state index in [1.54, 1.807) is 24.3 Å². The molecule has 1 aromatic heterocycles. The lowest BCUT2D eigenvalue weighted by atomic mass is 10.2. The van der Waals surface area contributed by atoms with Crippen LogP contribution in [-0.4, -0.2) is 15.1 Å². The number of ether oxygens (including phenoxy) is 1. The summed E-state index contributed by atoms with van der Waals surface area (Å²) in [5.41, 5.74) is 0.304. The number of aromatic nitrogens is 2. The molecule has 0 radical (unpaired) electrons. The molecule has 5 nitrogen and oxygen atoms in total. The fourth-order valence-corrected chi connectivity index (χ4v) is 1.57. The van der Waals surface area contributed by atoms with Crippen LogP contribution in [0.3, 0.4) is 0 Å². The Morgan fingerprint density at radius 3 is 2.94 bits per heavy atom. The SMILES string of the molecule is O=c1[nH]cnc(Oc2ccccc2CO)c1Br. The second-order valence-corrected chi connectivity index (χ2v) is 4.01. The third kappa shape index (κ3) is 2.54. The number of para-hydroxylation sites is 1. The van der Waals surface area contributed by atoms with Gasteiger partial charge in [-0.05, 0) is 22.0 Å². The average molecular weight is 297 g/mol. The van der Waals surface area contributed by atoms with Gasteiger partial charge in [-0.2, -0.15) is 0 Å². The van der Waals surface area contributed by atoms with Crippen LogP contribution in [0.5, 0.6) is 11.6 Å². The first kappa shape index (κ1) is 11.8. The van der Waals surface area contributed by atoms with E-state index in [1.807, 2.05) is 0 Å². The predicted molar refractivity (Wildman–Crippen MR) is 65.0 cm³/mol. The van der Waals surface area contributed by atoms with Gasteiger partial charge in [0.1, 0.15) is 10.2 Å². The second kappa shape index (κ2) is 5.11. The highest BCUT2D eigenvalue weighted by Gasteiger charge is 2.09. The number of nitrogens with one attached hydrogen (secondary N) is 1. The first-order valence-corrected chi connectivity index (χ1v) is 5.61. The lowest BCUT2D eigenvalue weighted by Gasteiger charge is -2.08. The van der Waals surface area contributed by atoms with Crippen molar-refractivity contribution in [2.24, 2.45) is 0 Å². The molecule has 0 atom stereocenters. The van der Waals surface area contributed by atoms with E-state index in [-0.39, 0.29) is 22.5 Å². The molecule has 0 unspecified atom stereocenters. The minimum atomic E-state index is -0.323. The minimum absolute atomic E-state index is 0.142. The van der Waals surface area contributed by atoms with Crippen molar-refractivity contribution in [3.63, 3.8) is 0 Å². The van der Waals surface area contributed by atoms with E-state index in [2.05, 4.69) is 25.9 Å². The first-order valence-electron chi connectivity index (χ1n) is 4.82. The molecule has 1 aromatic carbocycles. The molecule has 2 N–H and O–H groups in total. The van der Waals surface area contributed by atoms with Gasteiger partial charge in [-0.3, -0.25) is 4.79 Å². The molecule has 0 aliphatic heterocycles. The van der Waals surface area contributed by atoms with Gasteiger partial charge in [0.25, 0.3) is 5.56 Å². The maximum absolute atomic E-state index is 11.3. The number of H-pyrrole nitrogens is 1. The van der Waals surface area contributed by atoms with Crippen LogP contribution >= 0.6 is 15.9 Å². The van der Waals surface area contributed by atoms with E-state index in [0.717, 1.165) is 0 Å². The Morgan fingerprint density at radius 2 is 2.18 bits per heavy atom. The van der Waals surface area contributed by atoms with Crippen molar-refractivity contribution in [2.45, 2.75) is 6.61 Å². The van der Waals surface area contributed by atoms with Gasteiger partial charge in [0, 0.05) is 5.56 Å². The zero-order chi connectivity index (χ0) is 12.3. The van der Waals surface area contributed by atoms with Crippen molar-refractivity contribution < 1.29 is 9.84 Å². The van der Waals surface area contributed by atoms with Crippen LogP contribution in [0.1, 0.15) is 5.56 Å². The number of benzene rings is 1. The van der Waals surface area contributed by atoms with Crippen LogP contribution in [0.4, 0.5) is 0 Å². The van der Waals surface area contributed by atoms with E-state index in [0.29, 0.717) is 11.3 Å². The molecular weight excluding hydrogens is 288 g/mol. The van der Waals surface area contributed by atoms with Gasteiger partial charge in [-0.15, -0.1) is 0 Å². The summed E-state index contributed by atoms with van der Waals surface area (Å²) in [7, 11) is 0. The molecule has 0 aliphatic carbocycles. The summed E-state index contributed by atoms with van der Waals surface area (Å²) in [4.78, 5) is 17.6. The number of aromatic amines is 1. The highest BCUT2D eigenvalue weighted by Crippen LogP contribution is 2.26. The Morgan fingerprint density at radius 1 is 1.41 bits per heavy atom. The Balaban J connectivity index is 2.38. The van der Waals surface area contributed by atoms with Crippen LogP contribution in [0.2, 0.25) is 0 Å². The predicted octanol–water partition coefficient (Wildman–Crippen LogP) is 1.82. The number of aliphatic hydroxyl groups is 1. The molecule has 17 heavy (non-hydrogen) atoms. The number of halogens is 1. The molecule has 88 valence electrons. The van der Waals surface area contributed by atoms with Crippen molar-refractivity contribution in [3.05, 3.63) is 51.0 Å². The Bertz CT molecular complexity index is 583. The van der Waals surface area contributed by atoms with E-state index >= 15 is 0 Å². The van der Waals surface area contributed by atoms with Crippen molar-refractivity contribution in [2.75, 3.05) is 0 Å². The normalized spacial score (nSPS) is 10.2. The lowest BCUT2D eigenvalue weighted by Crippen LogP contribution is -2.08. The van der Waals surface area contributed by atoms with Gasteiger partial charge in [-0.1, -0.05) is 18.2 Å². The number of hydrogen-bond acceptors (Lipinski definition) is 4. The van der Waals surface area contributed by atoms with Gasteiger partial charge in [0.15, 0.2) is 0 Å². The van der Waals surface area contributed by atoms with Crippen LogP contribution in [0, 0.1) is 0 Å². The van der Waals surface area contributed by atoms with Gasteiger partial charge in [0.2, 0.25) is 5.88 Å². The summed E-state index contributed by atoms with van der Waals surface area (Å²) < 4.78 is 5.69. The molecule has 2 aromatic rings. The topological polar surface area (TPSA) is 75.2 Å². The minimum Gasteiger partial charge on any atom is -0.437 e. The first-order chi connectivity index (χ1) is 8.22. The quantitative estimate of drug-likeness (QED) is 0.906. The largest absolute Gasteiger partial charge is 0.437 e. The fourth-order valence-electron chi connectivity index (χ4n) is 1.28. The van der Waals surface area contributed by atoms with Gasteiger partial charge < -0.3 is 14.8 Å². The summed E-state index contributed by atoms with van der Waals surface area (Å²) in [6.45, 7) is -0.142. The number of hydrogen-bond donors (Lipinski definition) is 2. The smallest absolute Gasteiger partial charge is 0.268 e. The highest BCUT2D eigenvalue weighted by atomic mass is 79.9. The number of rotatable bonds is 3. The molecule has 0 aliphatic rings. The molecule has 0 saturated carbocycles. The van der Waals surface area contributed by atoms with Crippen molar-refractivity contribution in [1.82, 2.24) is 9.97 Å². The van der Waals surface area contributed by atoms with Gasteiger partial charge in [0.05, 0.1) is 12.9 Å². The molecular formula is C11H9BrN2O3. The van der Waals surface area contributed by atoms with Crippen LogP contribution in [-0.2, 0) is 6.61 Å². The summed E-state index contributed by atoms with van der Waals surface area (Å²) in [6.07, 6.45) is 1.25. The maximum Gasteiger partial charge on any atom is 0.268 e. The molecule has 0 spiro atoms. The third-order valence-corrected chi connectivity index (χ3v) is 2.81. The summed E-state index contributed by atoms with van der Waals surface area (Å²) in [5, 5.41) is 9.14. The van der Waals surface area contributed by atoms with Crippen molar-refractivity contribution in [1.29, 1.82) is 0 Å². The zero-order valence-corrected chi connectivity index (χ0v) is 10.3. The second-order valence-electron chi connectivity index (χ2n) is 3.22. The van der Waals surface area contributed by atoms with Crippen LogP contribution in [0.25, 0.3) is 0 Å². The molecule has 1 heterocycles. The highest BCUT2D eigenvalue weighted by molar-refractivity contribution is 9.10. The maximum atomic E-state index is 11.3. The lowest BCUT2D eigenvalue weighted by molar-refractivity contribution is 0.276. The molecule has 0 fully saturated rings. The zero-order valence-electron chi connectivity index (χ0n) is 8.68. The average Bonchev–Trinajstić information content (AvgIpc) is 2.35. The van der Waals surface area contributed by atoms with Crippen molar-refractivity contribution >= 4 is 15.9 Å². The molecule has 0 bridgehead atoms. The Labute approximate surface area is 105 Å². The van der Waals surface area contributed by atoms with Gasteiger partial charge >= 0.3 is 0 Å². The van der Waals surface area contributed by atoms with Gasteiger partial charge in [-0.25, -0.2) is 4.98 Å². The third-order valence-electron chi connectivity index (χ3n) is 2.11.